The molecule has 0 aromatic heterocycles. The van der Waals surface area contributed by atoms with Gasteiger partial charge in [-0.2, -0.15) is 0 Å². The first kappa shape index (κ1) is 18.0. The van der Waals surface area contributed by atoms with Gasteiger partial charge in [0.2, 0.25) is 5.91 Å². The second-order valence-electron chi connectivity index (χ2n) is 6.98. The number of rotatable bonds is 3. The number of amides is 2. The van der Waals surface area contributed by atoms with Gasteiger partial charge in [0.05, 0.1) is 5.75 Å². The van der Waals surface area contributed by atoms with Crippen molar-refractivity contribution in [2.75, 3.05) is 23.7 Å². The van der Waals surface area contributed by atoms with Gasteiger partial charge in [-0.25, -0.2) is 4.39 Å². The van der Waals surface area contributed by atoms with E-state index in [4.69, 9.17) is 0 Å². The SMILES string of the molecule is Cc1cc(C(=O)N2CCCC2)ccc1N1C(=O)CSC1c1ccc(F)cc1. The van der Waals surface area contributed by atoms with Crippen LogP contribution in [0.5, 0.6) is 0 Å². The molecule has 1 unspecified atom stereocenters. The maximum atomic E-state index is 13.3. The van der Waals surface area contributed by atoms with Gasteiger partial charge in [0.1, 0.15) is 11.2 Å². The van der Waals surface area contributed by atoms with Crippen molar-refractivity contribution >= 4 is 29.3 Å². The molecular formula is C21H21FN2O2S. The van der Waals surface area contributed by atoms with Gasteiger partial charge in [-0.3, -0.25) is 14.5 Å². The van der Waals surface area contributed by atoms with Crippen LogP contribution in [-0.2, 0) is 4.79 Å². The van der Waals surface area contributed by atoms with E-state index in [-0.39, 0.29) is 23.0 Å². The third kappa shape index (κ3) is 3.46. The molecule has 0 saturated carbocycles. The van der Waals surface area contributed by atoms with Crippen LogP contribution in [0.1, 0.15) is 39.7 Å². The fraction of sp³-hybridized carbons (Fsp3) is 0.333. The molecule has 0 bridgehead atoms. The normalized spacial score (nSPS) is 19.8. The van der Waals surface area contributed by atoms with E-state index in [0.717, 1.165) is 42.7 Å². The lowest BCUT2D eigenvalue weighted by Crippen LogP contribution is -2.29. The highest BCUT2D eigenvalue weighted by molar-refractivity contribution is 8.00. The highest BCUT2D eigenvalue weighted by atomic mass is 32.2. The molecule has 140 valence electrons. The first-order valence-electron chi connectivity index (χ1n) is 9.13. The molecule has 2 amide bonds. The summed E-state index contributed by atoms with van der Waals surface area (Å²) in [6.45, 7) is 3.55. The third-order valence-electron chi connectivity index (χ3n) is 5.12. The molecule has 6 heteroatoms. The fourth-order valence-corrected chi connectivity index (χ4v) is 4.89. The number of benzene rings is 2. The zero-order chi connectivity index (χ0) is 19.0. The number of carbonyl (C=O) groups excluding carboxylic acids is 2. The standard InChI is InChI=1S/C21H21FN2O2S/c1-14-12-16(20(26)23-10-2-3-11-23)6-9-18(14)24-19(25)13-27-21(24)15-4-7-17(22)8-5-15/h4-9,12,21H,2-3,10-11,13H2,1H3. The Bertz CT molecular complexity index is 878. The van der Waals surface area contributed by atoms with Crippen LogP contribution in [0.25, 0.3) is 0 Å². The zero-order valence-electron chi connectivity index (χ0n) is 15.2. The summed E-state index contributed by atoms with van der Waals surface area (Å²) in [5, 5.41) is -0.183. The van der Waals surface area contributed by atoms with Gasteiger partial charge in [0.15, 0.2) is 0 Å². The van der Waals surface area contributed by atoms with Crippen molar-refractivity contribution < 1.29 is 14.0 Å². The molecule has 2 saturated heterocycles. The van der Waals surface area contributed by atoms with Gasteiger partial charge in [0.25, 0.3) is 5.91 Å². The molecule has 2 aromatic carbocycles. The Labute approximate surface area is 162 Å². The number of likely N-dealkylation sites (tertiary alicyclic amines) is 1. The van der Waals surface area contributed by atoms with E-state index >= 15 is 0 Å². The summed E-state index contributed by atoms with van der Waals surface area (Å²) in [7, 11) is 0. The number of thioether (sulfide) groups is 1. The highest BCUT2D eigenvalue weighted by Gasteiger charge is 2.35. The lowest BCUT2D eigenvalue weighted by molar-refractivity contribution is -0.115. The second kappa shape index (κ2) is 7.35. The zero-order valence-corrected chi connectivity index (χ0v) is 16.0. The van der Waals surface area contributed by atoms with E-state index in [1.165, 1.54) is 23.9 Å². The molecule has 4 nitrogen and oxygen atoms in total. The molecular weight excluding hydrogens is 363 g/mol. The maximum absolute atomic E-state index is 13.3. The Morgan fingerprint density at radius 3 is 2.48 bits per heavy atom. The van der Waals surface area contributed by atoms with Gasteiger partial charge in [-0.15, -0.1) is 11.8 Å². The van der Waals surface area contributed by atoms with Crippen LogP contribution in [0, 0.1) is 12.7 Å². The molecule has 0 spiro atoms. The van der Waals surface area contributed by atoms with Gasteiger partial charge < -0.3 is 4.90 Å². The smallest absolute Gasteiger partial charge is 0.253 e. The lowest BCUT2D eigenvalue weighted by Gasteiger charge is -2.26. The Morgan fingerprint density at radius 1 is 1.11 bits per heavy atom. The molecule has 0 aliphatic carbocycles. The van der Waals surface area contributed by atoms with Gasteiger partial charge in [-0.1, -0.05) is 12.1 Å². The minimum atomic E-state index is -0.291. The molecule has 0 N–H and O–H groups in total. The molecule has 2 fully saturated rings. The fourth-order valence-electron chi connectivity index (χ4n) is 3.72. The number of aryl methyl sites for hydroxylation is 1. The summed E-state index contributed by atoms with van der Waals surface area (Å²) >= 11 is 1.53. The van der Waals surface area contributed by atoms with Crippen molar-refractivity contribution in [1.29, 1.82) is 0 Å². The van der Waals surface area contributed by atoms with Crippen molar-refractivity contribution in [3.8, 4) is 0 Å². The van der Waals surface area contributed by atoms with Crippen molar-refractivity contribution in [3.63, 3.8) is 0 Å². The molecule has 1 atom stereocenters. The topological polar surface area (TPSA) is 40.6 Å². The van der Waals surface area contributed by atoms with Crippen LogP contribution in [0.4, 0.5) is 10.1 Å². The van der Waals surface area contributed by atoms with E-state index in [0.29, 0.717) is 11.3 Å². The molecule has 2 aromatic rings. The first-order chi connectivity index (χ1) is 13.0. The van der Waals surface area contributed by atoms with Crippen LogP contribution < -0.4 is 4.90 Å². The number of hydrogen-bond acceptors (Lipinski definition) is 3. The average molecular weight is 384 g/mol. The van der Waals surface area contributed by atoms with Crippen LogP contribution in [-0.4, -0.2) is 35.6 Å². The Morgan fingerprint density at radius 2 is 1.81 bits per heavy atom. The van der Waals surface area contributed by atoms with Crippen molar-refractivity contribution in [3.05, 3.63) is 65.0 Å². The summed E-state index contributed by atoms with van der Waals surface area (Å²) in [5.74, 6) is 0.173. The minimum Gasteiger partial charge on any atom is -0.339 e. The predicted molar refractivity (Wildman–Crippen MR) is 105 cm³/mol. The summed E-state index contributed by atoms with van der Waals surface area (Å²) in [5.41, 5.74) is 3.25. The van der Waals surface area contributed by atoms with Crippen LogP contribution in [0.2, 0.25) is 0 Å². The Hall–Kier alpha value is -2.34. The monoisotopic (exact) mass is 384 g/mol. The largest absolute Gasteiger partial charge is 0.339 e. The molecule has 0 radical (unpaired) electrons. The highest BCUT2D eigenvalue weighted by Crippen LogP contribution is 2.42. The van der Waals surface area contributed by atoms with E-state index < -0.39 is 0 Å². The Kier molecular flexibility index (Phi) is 4.91. The number of anilines is 1. The van der Waals surface area contributed by atoms with Crippen LogP contribution >= 0.6 is 11.8 Å². The first-order valence-corrected chi connectivity index (χ1v) is 10.2. The van der Waals surface area contributed by atoms with E-state index in [2.05, 4.69) is 0 Å². The summed E-state index contributed by atoms with van der Waals surface area (Å²) in [6.07, 6.45) is 2.11. The predicted octanol–water partition coefficient (Wildman–Crippen LogP) is 4.15. The number of carbonyl (C=O) groups is 2. The number of halogens is 1. The lowest BCUT2D eigenvalue weighted by atomic mass is 10.1. The molecule has 2 aliphatic heterocycles. The third-order valence-corrected chi connectivity index (χ3v) is 6.33. The van der Waals surface area contributed by atoms with Crippen molar-refractivity contribution in [2.45, 2.75) is 25.1 Å². The molecule has 27 heavy (non-hydrogen) atoms. The molecule has 2 aliphatic rings. The van der Waals surface area contributed by atoms with Crippen LogP contribution in [0.15, 0.2) is 42.5 Å². The average Bonchev–Trinajstić information content (AvgIpc) is 3.32. The van der Waals surface area contributed by atoms with E-state index in [1.54, 1.807) is 23.1 Å². The van der Waals surface area contributed by atoms with Gasteiger partial charge >= 0.3 is 0 Å². The van der Waals surface area contributed by atoms with Crippen molar-refractivity contribution in [2.24, 2.45) is 0 Å². The maximum Gasteiger partial charge on any atom is 0.253 e. The minimum absolute atomic E-state index is 0.0241. The van der Waals surface area contributed by atoms with Crippen molar-refractivity contribution in [1.82, 2.24) is 4.90 Å². The molecule has 2 heterocycles. The quantitative estimate of drug-likeness (QED) is 0.798. The summed E-state index contributed by atoms with van der Waals surface area (Å²) in [6, 6.07) is 11.8. The number of nitrogens with zero attached hydrogens (tertiary/aromatic N) is 2. The van der Waals surface area contributed by atoms with E-state index in [1.807, 2.05) is 24.0 Å². The molecule has 4 rings (SSSR count). The summed E-state index contributed by atoms with van der Waals surface area (Å²) in [4.78, 5) is 28.8. The van der Waals surface area contributed by atoms with Gasteiger partial charge in [-0.05, 0) is 61.2 Å². The number of hydrogen-bond donors (Lipinski definition) is 0. The van der Waals surface area contributed by atoms with Gasteiger partial charge in [0, 0.05) is 24.3 Å². The van der Waals surface area contributed by atoms with Crippen LogP contribution in [0.3, 0.4) is 0 Å². The second-order valence-corrected chi connectivity index (χ2v) is 8.05. The Balaban J connectivity index is 1.63. The summed E-state index contributed by atoms with van der Waals surface area (Å²) < 4.78 is 13.3. The van der Waals surface area contributed by atoms with E-state index in [9.17, 15) is 14.0 Å².